The van der Waals surface area contributed by atoms with Crippen LogP contribution in [0.4, 0.5) is 11.4 Å². The van der Waals surface area contributed by atoms with Crippen LogP contribution in [0.2, 0.25) is 0 Å². The zero-order valence-corrected chi connectivity index (χ0v) is 12.0. The molecule has 2 aromatic carbocycles. The van der Waals surface area contributed by atoms with Crippen molar-refractivity contribution in [3.05, 3.63) is 60.3 Å². The molecular weight excluding hydrogens is 264 g/mol. The number of hydrogen-bond acceptors (Lipinski definition) is 4. The van der Waals surface area contributed by atoms with Crippen LogP contribution in [0.5, 0.6) is 11.5 Å². The van der Waals surface area contributed by atoms with Crippen molar-refractivity contribution < 1.29 is 10.2 Å². The van der Waals surface area contributed by atoms with Gasteiger partial charge in [0.25, 0.3) is 0 Å². The highest BCUT2D eigenvalue weighted by Gasteiger charge is 1.96. The van der Waals surface area contributed by atoms with E-state index in [1.807, 2.05) is 19.9 Å². The summed E-state index contributed by atoms with van der Waals surface area (Å²) in [4.78, 5) is 4.45. The SMILES string of the molecule is CC(/C=C(\C)Nc1ccc(O)cc1)=Nc1ccc(O)cc1. The average molecular weight is 282 g/mol. The van der Waals surface area contributed by atoms with Gasteiger partial charge in [-0.15, -0.1) is 0 Å². The summed E-state index contributed by atoms with van der Waals surface area (Å²) in [5.74, 6) is 0.472. The van der Waals surface area contributed by atoms with Gasteiger partial charge in [-0.25, -0.2) is 0 Å². The molecule has 0 unspecified atom stereocenters. The molecule has 0 heterocycles. The second kappa shape index (κ2) is 6.61. The van der Waals surface area contributed by atoms with E-state index in [4.69, 9.17) is 0 Å². The first kappa shape index (κ1) is 14.7. The Morgan fingerprint density at radius 3 is 2.00 bits per heavy atom. The molecule has 0 spiro atoms. The van der Waals surface area contributed by atoms with Crippen LogP contribution in [0.25, 0.3) is 0 Å². The molecule has 0 aliphatic heterocycles. The Labute approximate surface area is 124 Å². The third-order valence-corrected chi connectivity index (χ3v) is 2.79. The highest BCUT2D eigenvalue weighted by atomic mass is 16.3. The number of nitrogens with one attached hydrogen (secondary N) is 1. The maximum atomic E-state index is 9.24. The number of phenolic OH excluding ortho intramolecular Hbond substituents is 2. The highest BCUT2D eigenvalue weighted by Crippen LogP contribution is 2.18. The summed E-state index contributed by atoms with van der Waals surface area (Å²) < 4.78 is 0. The fourth-order valence-corrected chi connectivity index (χ4v) is 1.88. The van der Waals surface area contributed by atoms with Crippen LogP contribution in [0.3, 0.4) is 0 Å². The molecule has 0 aliphatic rings. The van der Waals surface area contributed by atoms with Gasteiger partial charge in [0.15, 0.2) is 0 Å². The van der Waals surface area contributed by atoms with Gasteiger partial charge >= 0.3 is 0 Å². The number of allylic oxidation sites excluding steroid dienone is 2. The van der Waals surface area contributed by atoms with E-state index in [9.17, 15) is 10.2 Å². The molecule has 0 amide bonds. The first-order valence-electron chi connectivity index (χ1n) is 6.61. The van der Waals surface area contributed by atoms with Crippen LogP contribution in [0.1, 0.15) is 13.8 Å². The predicted octanol–water partition coefficient (Wildman–Crippen LogP) is 4.21. The van der Waals surface area contributed by atoms with Crippen molar-refractivity contribution in [1.82, 2.24) is 0 Å². The fourth-order valence-electron chi connectivity index (χ4n) is 1.88. The minimum atomic E-state index is 0.229. The van der Waals surface area contributed by atoms with Crippen molar-refractivity contribution in [3.63, 3.8) is 0 Å². The summed E-state index contributed by atoms with van der Waals surface area (Å²) in [6, 6.07) is 13.6. The number of phenols is 2. The van der Waals surface area contributed by atoms with E-state index in [1.165, 1.54) is 0 Å². The lowest BCUT2D eigenvalue weighted by Crippen LogP contribution is -1.98. The number of aromatic hydroxyl groups is 2. The first-order valence-corrected chi connectivity index (χ1v) is 6.61. The number of hydrogen-bond donors (Lipinski definition) is 3. The first-order chi connectivity index (χ1) is 10.0. The number of aliphatic imine (C=N–C) groups is 1. The van der Waals surface area contributed by atoms with E-state index in [2.05, 4.69) is 10.3 Å². The molecule has 0 saturated carbocycles. The van der Waals surface area contributed by atoms with Crippen molar-refractivity contribution in [3.8, 4) is 11.5 Å². The lowest BCUT2D eigenvalue weighted by molar-refractivity contribution is 0.475. The second-order valence-electron chi connectivity index (χ2n) is 4.77. The Kier molecular flexibility index (Phi) is 4.61. The van der Waals surface area contributed by atoms with Crippen molar-refractivity contribution >= 4 is 17.1 Å². The van der Waals surface area contributed by atoms with E-state index in [0.717, 1.165) is 22.8 Å². The van der Waals surface area contributed by atoms with Crippen LogP contribution in [-0.2, 0) is 0 Å². The standard InChI is InChI=1S/C17H18N2O2/c1-12(18-14-3-7-16(20)8-4-14)11-13(2)19-15-5-9-17(21)10-6-15/h3-11,18,20-21H,1-2H3/b12-11+,19-13?. The molecule has 2 aromatic rings. The largest absolute Gasteiger partial charge is 0.508 e. The summed E-state index contributed by atoms with van der Waals surface area (Å²) in [5, 5.41) is 21.7. The minimum Gasteiger partial charge on any atom is -0.508 e. The second-order valence-corrected chi connectivity index (χ2v) is 4.77. The number of benzene rings is 2. The van der Waals surface area contributed by atoms with Gasteiger partial charge in [-0.3, -0.25) is 4.99 Å². The van der Waals surface area contributed by atoms with E-state index in [0.29, 0.717) is 0 Å². The van der Waals surface area contributed by atoms with Crippen LogP contribution in [0, 0.1) is 0 Å². The summed E-state index contributed by atoms with van der Waals surface area (Å²) >= 11 is 0. The molecule has 0 aromatic heterocycles. The monoisotopic (exact) mass is 282 g/mol. The molecule has 4 heteroatoms. The maximum Gasteiger partial charge on any atom is 0.115 e. The van der Waals surface area contributed by atoms with Gasteiger partial charge in [-0.05, 0) is 68.5 Å². The van der Waals surface area contributed by atoms with Gasteiger partial charge in [0.1, 0.15) is 11.5 Å². The van der Waals surface area contributed by atoms with Crippen molar-refractivity contribution in [2.45, 2.75) is 13.8 Å². The minimum absolute atomic E-state index is 0.229. The molecule has 0 fully saturated rings. The normalized spacial score (nSPS) is 12.3. The lowest BCUT2D eigenvalue weighted by Gasteiger charge is -2.06. The van der Waals surface area contributed by atoms with Crippen molar-refractivity contribution in [2.75, 3.05) is 5.32 Å². The third-order valence-electron chi connectivity index (χ3n) is 2.79. The Morgan fingerprint density at radius 2 is 1.43 bits per heavy atom. The number of nitrogens with zero attached hydrogens (tertiary/aromatic N) is 1. The molecule has 0 aliphatic carbocycles. The molecule has 2 rings (SSSR count). The molecule has 21 heavy (non-hydrogen) atoms. The lowest BCUT2D eigenvalue weighted by atomic mass is 10.2. The smallest absolute Gasteiger partial charge is 0.115 e. The summed E-state index contributed by atoms with van der Waals surface area (Å²) in [6.07, 6.45) is 1.93. The van der Waals surface area contributed by atoms with Crippen LogP contribution in [-0.4, -0.2) is 15.9 Å². The zero-order chi connectivity index (χ0) is 15.2. The molecule has 0 bridgehead atoms. The highest BCUT2D eigenvalue weighted by molar-refractivity contribution is 5.95. The average Bonchev–Trinajstić information content (AvgIpc) is 2.44. The summed E-state index contributed by atoms with van der Waals surface area (Å²) in [6.45, 7) is 3.86. The number of anilines is 1. The van der Waals surface area contributed by atoms with Gasteiger partial charge in [0.05, 0.1) is 5.69 Å². The van der Waals surface area contributed by atoms with E-state index in [1.54, 1.807) is 48.5 Å². The summed E-state index contributed by atoms with van der Waals surface area (Å²) in [7, 11) is 0. The zero-order valence-electron chi connectivity index (χ0n) is 12.0. The van der Waals surface area contributed by atoms with Crippen LogP contribution >= 0.6 is 0 Å². The van der Waals surface area contributed by atoms with E-state index < -0.39 is 0 Å². The fraction of sp³-hybridized carbons (Fsp3) is 0.118. The Morgan fingerprint density at radius 1 is 0.905 bits per heavy atom. The molecule has 0 atom stereocenters. The Balaban J connectivity index is 2.06. The number of rotatable bonds is 4. The van der Waals surface area contributed by atoms with Crippen LogP contribution < -0.4 is 5.32 Å². The predicted molar refractivity (Wildman–Crippen MR) is 86.4 cm³/mol. The third kappa shape index (κ3) is 4.69. The van der Waals surface area contributed by atoms with Gasteiger partial charge in [-0.2, -0.15) is 0 Å². The molecule has 3 N–H and O–H groups in total. The van der Waals surface area contributed by atoms with E-state index in [-0.39, 0.29) is 11.5 Å². The van der Waals surface area contributed by atoms with Crippen molar-refractivity contribution in [2.24, 2.45) is 4.99 Å². The molecular formula is C17H18N2O2. The van der Waals surface area contributed by atoms with Gasteiger partial charge in [-0.1, -0.05) is 0 Å². The molecule has 4 nitrogen and oxygen atoms in total. The van der Waals surface area contributed by atoms with E-state index >= 15 is 0 Å². The van der Waals surface area contributed by atoms with Gasteiger partial charge in [0, 0.05) is 17.1 Å². The maximum absolute atomic E-state index is 9.24. The molecule has 0 radical (unpaired) electrons. The Bertz CT molecular complexity index is 656. The van der Waals surface area contributed by atoms with Gasteiger partial charge < -0.3 is 15.5 Å². The molecule has 108 valence electrons. The topological polar surface area (TPSA) is 64.8 Å². The van der Waals surface area contributed by atoms with Gasteiger partial charge in [0.2, 0.25) is 0 Å². The molecule has 0 saturated heterocycles. The van der Waals surface area contributed by atoms with Crippen LogP contribution in [0.15, 0.2) is 65.3 Å². The van der Waals surface area contributed by atoms with Crippen molar-refractivity contribution in [1.29, 1.82) is 0 Å². The Hall–Kier alpha value is -2.75. The summed E-state index contributed by atoms with van der Waals surface area (Å²) in [5.41, 5.74) is 3.49. The quantitative estimate of drug-likeness (QED) is 0.581.